The molecule has 19 heavy (non-hydrogen) atoms. The van der Waals surface area contributed by atoms with Crippen LogP contribution in [0, 0.1) is 10.1 Å². The van der Waals surface area contributed by atoms with Gasteiger partial charge in [0, 0.05) is 6.04 Å². The maximum atomic E-state index is 11.0. The van der Waals surface area contributed by atoms with Gasteiger partial charge in [-0.15, -0.1) is 0 Å². The van der Waals surface area contributed by atoms with E-state index in [1.165, 1.54) is 13.2 Å². The van der Waals surface area contributed by atoms with Gasteiger partial charge in [0.15, 0.2) is 5.75 Å². The molecule has 0 amide bonds. The van der Waals surface area contributed by atoms with Crippen molar-refractivity contribution in [3.05, 3.63) is 28.3 Å². The fourth-order valence-corrected chi connectivity index (χ4v) is 2.16. The Morgan fingerprint density at radius 3 is 2.79 bits per heavy atom. The second-order valence-electron chi connectivity index (χ2n) is 4.56. The zero-order valence-electron chi connectivity index (χ0n) is 11.1. The van der Waals surface area contributed by atoms with Gasteiger partial charge < -0.3 is 14.8 Å². The summed E-state index contributed by atoms with van der Waals surface area (Å²) in [6.07, 6.45) is 1.82. The summed E-state index contributed by atoms with van der Waals surface area (Å²) >= 11 is 0. The van der Waals surface area contributed by atoms with E-state index in [1.54, 1.807) is 12.1 Å². The number of methoxy groups -OCH3 is 1. The van der Waals surface area contributed by atoms with Gasteiger partial charge in [-0.1, -0.05) is 6.92 Å². The average Bonchev–Trinajstić information content (AvgIpc) is 2.36. The van der Waals surface area contributed by atoms with Crippen molar-refractivity contribution in [1.82, 2.24) is 5.32 Å². The van der Waals surface area contributed by atoms with Crippen LogP contribution >= 0.6 is 0 Å². The predicted octanol–water partition coefficient (Wildman–Crippen LogP) is 2.12. The number of nitrogens with one attached hydrogen (secondary N) is 1. The van der Waals surface area contributed by atoms with Gasteiger partial charge in [0.2, 0.25) is 0 Å². The minimum absolute atomic E-state index is 0.0498. The number of rotatable bonds is 6. The first kappa shape index (κ1) is 13.6. The van der Waals surface area contributed by atoms with E-state index in [4.69, 9.17) is 9.47 Å². The first-order valence-electron chi connectivity index (χ1n) is 6.36. The normalized spacial score (nSPS) is 21.6. The fourth-order valence-electron chi connectivity index (χ4n) is 2.16. The molecule has 0 radical (unpaired) electrons. The van der Waals surface area contributed by atoms with Crippen molar-refractivity contribution in [3.8, 4) is 11.5 Å². The van der Waals surface area contributed by atoms with Crippen molar-refractivity contribution in [3.63, 3.8) is 0 Å². The van der Waals surface area contributed by atoms with Gasteiger partial charge in [-0.2, -0.15) is 0 Å². The van der Waals surface area contributed by atoms with E-state index in [0.29, 0.717) is 17.5 Å². The SMILES string of the molecule is CCNC1CC(Oc2ccc(OC)cc2[N+](=O)[O-])C1. The van der Waals surface area contributed by atoms with Crippen molar-refractivity contribution in [2.45, 2.75) is 31.9 Å². The minimum atomic E-state index is -0.446. The highest BCUT2D eigenvalue weighted by molar-refractivity contribution is 5.51. The standard InChI is InChI=1S/C13H18N2O4/c1-3-14-9-6-11(7-9)19-13-5-4-10(18-2)8-12(13)15(16)17/h4-5,8-9,11,14H,3,6-7H2,1-2H3. The summed E-state index contributed by atoms with van der Waals surface area (Å²) < 4.78 is 10.7. The molecular formula is C13H18N2O4. The largest absolute Gasteiger partial charge is 0.496 e. The van der Waals surface area contributed by atoms with Crippen LogP contribution in [-0.2, 0) is 0 Å². The Labute approximate surface area is 111 Å². The van der Waals surface area contributed by atoms with E-state index in [2.05, 4.69) is 12.2 Å². The predicted molar refractivity (Wildman–Crippen MR) is 70.8 cm³/mol. The molecule has 6 nitrogen and oxygen atoms in total. The van der Waals surface area contributed by atoms with E-state index in [0.717, 1.165) is 19.4 Å². The smallest absolute Gasteiger partial charge is 0.314 e. The second-order valence-corrected chi connectivity index (χ2v) is 4.56. The summed E-state index contributed by atoms with van der Waals surface area (Å²) in [5.41, 5.74) is -0.0498. The van der Waals surface area contributed by atoms with Crippen LogP contribution in [0.1, 0.15) is 19.8 Å². The molecule has 1 fully saturated rings. The molecule has 0 bridgehead atoms. The van der Waals surface area contributed by atoms with E-state index in [-0.39, 0.29) is 11.8 Å². The number of nitro benzene ring substituents is 1. The highest BCUT2D eigenvalue weighted by Gasteiger charge is 2.31. The lowest BCUT2D eigenvalue weighted by molar-refractivity contribution is -0.386. The average molecular weight is 266 g/mol. The van der Waals surface area contributed by atoms with Gasteiger partial charge in [-0.25, -0.2) is 0 Å². The lowest BCUT2D eigenvalue weighted by atomic mass is 9.89. The number of nitrogens with zero attached hydrogens (tertiary/aromatic N) is 1. The Bertz CT molecular complexity index is 458. The van der Waals surface area contributed by atoms with Gasteiger partial charge in [0.05, 0.1) is 18.1 Å². The molecule has 1 aromatic rings. The van der Waals surface area contributed by atoms with Crippen LogP contribution in [0.4, 0.5) is 5.69 Å². The molecule has 0 saturated heterocycles. The quantitative estimate of drug-likeness (QED) is 0.630. The van der Waals surface area contributed by atoms with Gasteiger partial charge in [-0.05, 0) is 31.5 Å². The van der Waals surface area contributed by atoms with E-state index < -0.39 is 4.92 Å². The van der Waals surface area contributed by atoms with Crippen LogP contribution in [0.3, 0.4) is 0 Å². The number of hydrogen-bond acceptors (Lipinski definition) is 5. The van der Waals surface area contributed by atoms with Gasteiger partial charge in [0.25, 0.3) is 0 Å². The van der Waals surface area contributed by atoms with E-state index in [1.807, 2.05) is 0 Å². The first-order valence-corrected chi connectivity index (χ1v) is 6.36. The Kier molecular flexibility index (Phi) is 4.21. The third kappa shape index (κ3) is 3.14. The Morgan fingerprint density at radius 2 is 2.21 bits per heavy atom. The van der Waals surface area contributed by atoms with Crippen molar-refractivity contribution < 1.29 is 14.4 Å². The van der Waals surface area contributed by atoms with Gasteiger partial charge in [-0.3, -0.25) is 10.1 Å². The van der Waals surface area contributed by atoms with Crippen LogP contribution in [-0.4, -0.2) is 30.7 Å². The Balaban J connectivity index is 2.02. The Morgan fingerprint density at radius 1 is 1.47 bits per heavy atom. The van der Waals surface area contributed by atoms with Crippen molar-refractivity contribution in [2.75, 3.05) is 13.7 Å². The van der Waals surface area contributed by atoms with Crippen LogP contribution in [0.25, 0.3) is 0 Å². The van der Waals surface area contributed by atoms with Gasteiger partial charge in [0.1, 0.15) is 11.9 Å². The molecule has 6 heteroatoms. The molecule has 1 aliphatic carbocycles. The lowest BCUT2D eigenvalue weighted by Gasteiger charge is -2.35. The molecular weight excluding hydrogens is 248 g/mol. The van der Waals surface area contributed by atoms with Gasteiger partial charge >= 0.3 is 5.69 Å². The number of benzene rings is 1. The van der Waals surface area contributed by atoms with Crippen LogP contribution < -0.4 is 14.8 Å². The Hall–Kier alpha value is -1.82. The molecule has 0 aromatic heterocycles. The molecule has 104 valence electrons. The number of ether oxygens (including phenoxy) is 2. The molecule has 0 atom stereocenters. The molecule has 1 aromatic carbocycles. The molecule has 0 heterocycles. The maximum Gasteiger partial charge on any atom is 0.314 e. The highest BCUT2D eigenvalue weighted by atomic mass is 16.6. The monoisotopic (exact) mass is 266 g/mol. The summed E-state index contributed by atoms with van der Waals surface area (Å²) in [6.45, 7) is 2.99. The van der Waals surface area contributed by atoms with Crippen LogP contribution in [0.2, 0.25) is 0 Å². The zero-order chi connectivity index (χ0) is 13.8. The fraction of sp³-hybridized carbons (Fsp3) is 0.538. The van der Waals surface area contributed by atoms with Crippen molar-refractivity contribution >= 4 is 5.69 Å². The summed E-state index contributed by atoms with van der Waals surface area (Å²) in [5.74, 6) is 0.768. The van der Waals surface area contributed by atoms with Crippen LogP contribution in [0.5, 0.6) is 11.5 Å². The summed E-state index contributed by atoms with van der Waals surface area (Å²) in [6, 6.07) is 5.11. The van der Waals surface area contributed by atoms with Crippen molar-refractivity contribution in [1.29, 1.82) is 0 Å². The zero-order valence-corrected chi connectivity index (χ0v) is 11.1. The number of hydrogen-bond donors (Lipinski definition) is 1. The number of nitro groups is 1. The first-order chi connectivity index (χ1) is 9.13. The second kappa shape index (κ2) is 5.88. The molecule has 0 spiro atoms. The summed E-state index contributed by atoms with van der Waals surface area (Å²) in [5, 5.41) is 14.3. The molecule has 0 unspecified atom stereocenters. The highest BCUT2D eigenvalue weighted by Crippen LogP contribution is 2.34. The maximum absolute atomic E-state index is 11.0. The molecule has 1 saturated carbocycles. The van der Waals surface area contributed by atoms with E-state index in [9.17, 15) is 10.1 Å². The minimum Gasteiger partial charge on any atom is -0.496 e. The lowest BCUT2D eigenvalue weighted by Crippen LogP contribution is -2.46. The van der Waals surface area contributed by atoms with Crippen LogP contribution in [0.15, 0.2) is 18.2 Å². The summed E-state index contributed by atoms with van der Waals surface area (Å²) in [7, 11) is 1.48. The van der Waals surface area contributed by atoms with Crippen molar-refractivity contribution in [2.24, 2.45) is 0 Å². The molecule has 0 aliphatic heterocycles. The topological polar surface area (TPSA) is 73.6 Å². The molecule has 1 N–H and O–H groups in total. The third-order valence-electron chi connectivity index (χ3n) is 3.24. The third-order valence-corrected chi connectivity index (χ3v) is 3.24. The molecule has 2 rings (SSSR count). The molecule has 1 aliphatic rings. The van der Waals surface area contributed by atoms with E-state index >= 15 is 0 Å². The summed E-state index contributed by atoms with van der Waals surface area (Å²) in [4.78, 5) is 10.6.